The number of fused-ring (bicyclic) bond motifs is 14. The molecule has 0 aliphatic carbocycles. The summed E-state index contributed by atoms with van der Waals surface area (Å²) >= 11 is 0. The molecule has 1 aliphatic rings. The lowest BCUT2D eigenvalue weighted by atomic mass is 9.96. The van der Waals surface area contributed by atoms with Crippen molar-refractivity contribution in [2.75, 3.05) is 0 Å². The van der Waals surface area contributed by atoms with Crippen LogP contribution < -0.4 is 0 Å². The molecule has 0 N–H and O–H groups in total. The molecule has 0 unspecified atom stereocenters. The highest BCUT2D eigenvalue weighted by atomic mass is 16.3. The van der Waals surface area contributed by atoms with Crippen molar-refractivity contribution in [1.82, 2.24) is 4.57 Å². The molecule has 0 saturated heterocycles. The number of aromatic nitrogens is 1. The minimum Gasteiger partial charge on any atom is -0.456 e. The van der Waals surface area contributed by atoms with Crippen LogP contribution in [0.1, 0.15) is 30.0 Å². The molecular formula is C62H37N3O3. The summed E-state index contributed by atoms with van der Waals surface area (Å²) in [6, 6.07) is 68.5. The van der Waals surface area contributed by atoms with E-state index in [1.807, 2.05) is 24.3 Å². The van der Waals surface area contributed by atoms with E-state index in [-0.39, 0.29) is 0 Å². The summed E-state index contributed by atoms with van der Waals surface area (Å²) in [6.07, 6.45) is 0.516. The predicted molar refractivity (Wildman–Crippen MR) is 281 cm³/mol. The van der Waals surface area contributed by atoms with E-state index in [2.05, 4.69) is 181 Å². The number of nitrogens with zero attached hydrogens (tertiary/aromatic N) is 3. The predicted octanol–water partition coefficient (Wildman–Crippen LogP) is 16.9. The lowest BCUT2D eigenvalue weighted by molar-refractivity contribution is 0.667. The average molecular weight is 872 g/mol. The minimum atomic E-state index is 0.516. The van der Waals surface area contributed by atoms with E-state index in [1.165, 1.54) is 21.5 Å². The molecule has 0 fully saturated rings. The number of amidine groups is 1. The van der Waals surface area contributed by atoms with Crippen molar-refractivity contribution in [3.8, 4) is 5.69 Å². The molecule has 0 bridgehead atoms. The SMILES string of the molecule is CC1=C(c2cccc3c2oc2ccccc23)N=C(c2cccc3c2oc2ccccc23)N=C(c2cc(-n3c4ccccc4c4cc5ccccc5cc43)c3c(c2)oc2cc4ccccc4cc23)C1. The van der Waals surface area contributed by atoms with Gasteiger partial charge in [0, 0.05) is 55.3 Å². The quantitative estimate of drug-likeness (QED) is 0.177. The van der Waals surface area contributed by atoms with Gasteiger partial charge < -0.3 is 17.8 Å². The fourth-order valence-electron chi connectivity index (χ4n) is 11.0. The van der Waals surface area contributed by atoms with Gasteiger partial charge in [0.15, 0.2) is 5.84 Å². The first-order valence-corrected chi connectivity index (χ1v) is 23.1. The van der Waals surface area contributed by atoms with Crippen LogP contribution >= 0.6 is 0 Å². The third-order valence-corrected chi connectivity index (χ3v) is 14.1. The molecule has 6 nitrogen and oxygen atoms in total. The van der Waals surface area contributed by atoms with E-state index < -0.39 is 0 Å². The first-order valence-electron chi connectivity index (χ1n) is 23.1. The van der Waals surface area contributed by atoms with E-state index in [1.54, 1.807) is 0 Å². The van der Waals surface area contributed by atoms with Gasteiger partial charge in [-0.15, -0.1) is 0 Å². The third-order valence-electron chi connectivity index (χ3n) is 14.1. The van der Waals surface area contributed by atoms with E-state index in [4.69, 9.17) is 23.2 Å². The Kier molecular flexibility index (Phi) is 7.67. The highest BCUT2D eigenvalue weighted by Gasteiger charge is 2.26. The molecule has 0 amide bonds. The number of furan rings is 3. The number of benzene rings is 10. The normalized spacial score (nSPS) is 13.7. The van der Waals surface area contributed by atoms with Gasteiger partial charge in [-0.3, -0.25) is 0 Å². The van der Waals surface area contributed by atoms with Gasteiger partial charge >= 0.3 is 0 Å². The second kappa shape index (κ2) is 14.0. The molecule has 4 aromatic heterocycles. The van der Waals surface area contributed by atoms with Crippen LogP contribution in [0, 0.1) is 0 Å². The number of hydrogen-bond donors (Lipinski definition) is 0. The van der Waals surface area contributed by atoms with Crippen molar-refractivity contribution >= 4 is 126 Å². The lowest BCUT2D eigenvalue weighted by Gasteiger charge is -2.14. The monoisotopic (exact) mass is 871 g/mol. The first-order chi connectivity index (χ1) is 33.6. The van der Waals surface area contributed by atoms with Crippen LogP contribution in [0.15, 0.2) is 223 Å². The zero-order valence-electron chi connectivity index (χ0n) is 36.7. The van der Waals surface area contributed by atoms with E-state index in [0.29, 0.717) is 12.3 Å². The summed E-state index contributed by atoms with van der Waals surface area (Å²) < 4.78 is 22.8. The summed E-state index contributed by atoms with van der Waals surface area (Å²) in [5, 5.41) is 13.4. The second-order valence-electron chi connectivity index (χ2n) is 18.1. The van der Waals surface area contributed by atoms with Crippen LogP contribution in [0.4, 0.5) is 0 Å². The Bertz CT molecular complexity index is 4610. The molecule has 68 heavy (non-hydrogen) atoms. The lowest BCUT2D eigenvalue weighted by Crippen LogP contribution is -2.07. The Morgan fingerprint density at radius 3 is 1.71 bits per heavy atom. The molecule has 318 valence electrons. The fraction of sp³-hybridized carbons (Fsp3) is 0.0323. The number of allylic oxidation sites excluding steroid dienone is 1. The average Bonchev–Trinajstić information content (AvgIpc) is 4.11. The summed E-state index contributed by atoms with van der Waals surface area (Å²) in [5.74, 6) is 0.561. The largest absolute Gasteiger partial charge is 0.456 e. The summed E-state index contributed by atoms with van der Waals surface area (Å²) in [7, 11) is 0. The number of hydrogen-bond acceptors (Lipinski definition) is 5. The highest BCUT2D eigenvalue weighted by molar-refractivity contribution is 6.24. The molecule has 0 saturated carbocycles. The summed E-state index contributed by atoms with van der Waals surface area (Å²) in [6.45, 7) is 2.17. The van der Waals surface area contributed by atoms with Gasteiger partial charge in [-0.05, 0) is 101 Å². The zero-order chi connectivity index (χ0) is 44.6. The molecule has 15 rings (SSSR count). The van der Waals surface area contributed by atoms with Gasteiger partial charge in [0.25, 0.3) is 0 Å². The van der Waals surface area contributed by atoms with Crippen LogP contribution in [-0.4, -0.2) is 16.1 Å². The maximum absolute atomic E-state index is 7.02. The molecule has 6 heteroatoms. The maximum atomic E-state index is 7.02. The number of aliphatic imine (C=N–C) groups is 2. The summed E-state index contributed by atoms with van der Waals surface area (Å²) in [5.41, 5.74) is 13.5. The first kappa shape index (κ1) is 37.2. The fourth-order valence-corrected chi connectivity index (χ4v) is 11.0. The van der Waals surface area contributed by atoms with Crippen LogP contribution in [0.3, 0.4) is 0 Å². The molecule has 0 atom stereocenters. The van der Waals surface area contributed by atoms with Crippen LogP contribution in [0.5, 0.6) is 0 Å². The highest BCUT2D eigenvalue weighted by Crippen LogP contribution is 2.44. The van der Waals surface area contributed by atoms with Crippen molar-refractivity contribution in [3.63, 3.8) is 0 Å². The van der Waals surface area contributed by atoms with Crippen molar-refractivity contribution in [3.05, 3.63) is 216 Å². The van der Waals surface area contributed by atoms with Gasteiger partial charge in [-0.2, -0.15) is 0 Å². The van der Waals surface area contributed by atoms with E-state index >= 15 is 0 Å². The van der Waals surface area contributed by atoms with Gasteiger partial charge in [0.1, 0.15) is 33.5 Å². The van der Waals surface area contributed by atoms with Crippen LogP contribution in [0.2, 0.25) is 0 Å². The van der Waals surface area contributed by atoms with Gasteiger partial charge in [0.05, 0.1) is 39.1 Å². The Hall–Kier alpha value is -9.00. The molecule has 0 spiro atoms. The van der Waals surface area contributed by atoms with Gasteiger partial charge in [-0.25, -0.2) is 9.98 Å². The Morgan fingerprint density at radius 1 is 0.412 bits per heavy atom. The van der Waals surface area contributed by atoms with Crippen molar-refractivity contribution in [2.24, 2.45) is 9.98 Å². The minimum absolute atomic E-state index is 0.516. The van der Waals surface area contributed by atoms with Gasteiger partial charge in [-0.1, -0.05) is 127 Å². The maximum Gasteiger partial charge on any atom is 0.163 e. The number of para-hydroxylation sites is 5. The van der Waals surface area contributed by atoms with Crippen molar-refractivity contribution in [1.29, 1.82) is 0 Å². The third kappa shape index (κ3) is 5.40. The van der Waals surface area contributed by atoms with Crippen LogP contribution in [-0.2, 0) is 0 Å². The van der Waals surface area contributed by atoms with E-state index in [0.717, 1.165) is 127 Å². The Labute approximate surface area is 388 Å². The van der Waals surface area contributed by atoms with Crippen molar-refractivity contribution < 1.29 is 13.3 Å². The molecule has 5 heterocycles. The molecule has 10 aromatic carbocycles. The molecule has 0 radical (unpaired) electrons. The molecule has 14 aromatic rings. The van der Waals surface area contributed by atoms with E-state index in [9.17, 15) is 0 Å². The van der Waals surface area contributed by atoms with Crippen LogP contribution in [0.25, 0.3) is 121 Å². The standard InChI is InChI=1S/C62H37N3O3/c1-35-28-50(63-62(47-24-13-22-45-43-20-8-11-27-55(43)68-61(45)47)64-59(35)46-23-12-21-44-42-19-7-10-26-54(42)67-60(44)46)40-32-53(58-49-30-37-15-3-5-17-39(37)33-56(49)66-57(58)34-40)65-51-25-9-6-18-41(51)48-29-36-14-2-4-16-38(36)31-52(48)65/h2-27,29-34H,28H2,1H3. The topological polar surface area (TPSA) is 69.1 Å². The van der Waals surface area contributed by atoms with Gasteiger partial charge in [0.2, 0.25) is 0 Å². The smallest absolute Gasteiger partial charge is 0.163 e. The molecular weight excluding hydrogens is 835 g/mol. The number of rotatable bonds is 4. The second-order valence-corrected chi connectivity index (χ2v) is 18.1. The Balaban J connectivity index is 1.03. The Morgan fingerprint density at radius 2 is 0.985 bits per heavy atom. The summed E-state index contributed by atoms with van der Waals surface area (Å²) in [4.78, 5) is 11.2. The molecule has 1 aliphatic heterocycles. The zero-order valence-corrected chi connectivity index (χ0v) is 36.7. The van der Waals surface area contributed by atoms with Crippen molar-refractivity contribution in [2.45, 2.75) is 13.3 Å².